The van der Waals surface area contributed by atoms with Gasteiger partial charge in [-0.25, -0.2) is 9.97 Å². The van der Waals surface area contributed by atoms with Gasteiger partial charge in [-0.3, -0.25) is 24.5 Å². The average Bonchev–Trinajstić information content (AvgIpc) is 3.92. The van der Waals surface area contributed by atoms with Gasteiger partial charge in [0.25, 0.3) is 11.8 Å². The molecule has 0 aliphatic carbocycles. The number of phenolic OH excluding ortho intramolecular Hbond substituents is 1. The van der Waals surface area contributed by atoms with Crippen molar-refractivity contribution >= 4 is 79.3 Å². The van der Waals surface area contributed by atoms with Gasteiger partial charge >= 0.3 is 0 Å². The fourth-order valence-electron chi connectivity index (χ4n) is 4.81. The van der Waals surface area contributed by atoms with Crippen LogP contribution in [0.5, 0.6) is 5.75 Å². The fourth-order valence-corrected chi connectivity index (χ4v) is 5.19. The van der Waals surface area contributed by atoms with E-state index in [9.17, 15) is 9.59 Å². The van der Waals surface area contributed by atoms with E-state index in [1.165, 1.54) is 11.1 Å². The Hall–Kier alpha value is -4.96. The van der Waals surface area contributed by atoms with Crippen LogP contribution in [0.1, 0.15) is 34.2 Å². The third kappa shape index (κ3) is 11.5. The van der Waals surface area contributed by atoms with Crippen LogP contribution in [0.4, 0.5) is 11.4 Å². The first-order chi connectivity index (χ1) is 25.6. The van der Waals surface area contributed by atoms with Gasteiger partial charge in [-0.15, -0.1) is 6.42 Å². The number of rotatable bonds is 5. The maximum Gasteiger partial charge on any atom is 0.276 e. The summed E-state index contributed by atoms with van der Waals surface area (Å²) in [5.74, 6) is 4.10. The maximum absolute atomic E-state index is 12.8. The number of terminal acetylenes is 1. The standard InChI is InChI=1S/C19H16N4O2.C13H12N4O.C6H5IO.CH2I.CH4.V/c1-22(14-7-5-9-20-11-14)19(24)15-12-21-18(23(15)2)17-10-13-6-3-4-8-16(13)25-17;1-4-12-15-9-11(17(12)3)13(18)16(2)10-6-5-7-14-8-10;7-5-3-1-2-4-6(5)8;1-2;;/h3-12H,1-2H3;1,5-9H,2-3H3;1-4,8H;1H2;1H4;/q;;;-1;;. The van der Waals surface area contributed by atoms with Crippen molar-refractivity contribution in [2.45, 2.75) is 7.43 Å². The number of phenols is 1. The zero-order chi connectivity index (χ0) is 38.5. The summed E-state index contributed by atoms with van der Waals surface area (Å²) in [5, 5.41) is 9.91. The third-order valence-electron chi connectivity index (χ3n) is 7.72. The smallest absolute Gasteiger partial charge is 0.276 e. The van der Waals surface area contributed by atoms with E-state index in [1.807, 2.05) is 77.2 Å². The number of nitrogens with zero attached hydrogens (tertiary/aromatic N) is 8. The quantitative estimate of drug-likeness (QED) is 0.103. The first-order valence-corrected chi connectivity index (χ1v) is 18.3. The summed E-state index contributed by atoms with van der Waals surface area (Å²) in [7, 11) is 6.92. The van der Waals surface area contributed by atoms with Crippen molar-refractivity contribution < 1.29 is 37.7 Å². The molecule has 0 atom stereocenters. The molecule has 1 N–H and O–H groups in total. The average molecular weight is 1000 g/mol. The molecule has 5 heterocycles. The molecule has 0 fully saturated rings. The number of amides is 2. The number of hydrogen-bond acceptors (Lipinski definition) is 8. The fraction of sp³-hybridized carbons (Fsp3) is 0.125. The summed E-state index contributed by atoms with van der Waals surface area (Å²) < 4.78 is 10.1. The van der Waals surface area contributed by atoms with Gasteiger partial charge in [0.2, 0.25) is 0 Å². The van der Waals surface area contributed by atoms with Gasteiger partial charge in [-0.2, -0.15) is 0 Å². The molecule has 55 heavy (non-hydrogen) atoms. The molecule has 0 aliphatic heterocycles. The molecule has 283 valence electrons. The number of aromatic nitrogens is 6. The molecule has 0 bridgehead atoms. The number of fused-ring (bicyclic) bond motifs is 1. The number of halogens is 2. The zero-order valence-electron chi connectivity index (χ0n) is 29.7. The minimum absolute atomic E-state index is 0. The van der Waals surface area contributed by atoms with E-state index in [-0.39, 0.29) is 37.8 Å². The molecule has 12 nitrogen and oxygen atoms in total. The normalized spacial score (nSPS) is 9.64. The molecule has 0 unspecified atom stereocenters. The van der Waals surface area contributed by atoms with Crippen LogP contribution in [0.3, 0.4) is 0 Å². The second-order valence-electron chi connectivity index (χ2n) is 10.9. The van der Waals surface area contributed by atoms with Crippen molar-refractivity contribution in [1.29, 1.82) is 0 Å². The number of imidazole rings is 2. The van der Waals surface area contributed by atoms with Crippen molar-refractivity contribution in [2.75, 3.05) is 23.9 Å². The zero-order valence-corrected chi connectivity index (χ0v) is 35.4. The van der Waals surface area contributed by atoms with E-state index in [1.54, 1.807) is 97.5 Å². The minimum atomic E-state index is -0.181. The maximum atomic E-state index is 12.8. The Bertz CT molecular complexity index is 2270. The number of carbonyl (C=O) groups is 2. The molecule has 2 aromatic carbocycles. The minimum Gasteiger partial charge on any atom is -0.507 e. The second-order valence-corrected chi connectivity index (χ2v) is 12.1. The van der Waals surface area contributed by atoms with Crippen molar-refractivity contribution in [2.24, 2.45) is 14.1 Å². The summed E-state index contributed by atoms with van der Waals surface area (Å²) in [5.41, 5.74) is 3.14. The molecule has 1 radical (unpaired) electrons. The van der Waals surface area contributed by atoms with Crippen LogP contribution in [0.25, 0.3) is 22.6 Å². The molecule has 5 aromatic heterocycles. The van der Waals surface area contributed by atoms with Crippen molar-refractivity contribution in [3.8, 4) is 29.7 Å². The van der Waals surface area contributed by atoms with Gasteiger partial charge in [0.15, 0.2) is 17.4 Å². The molecule has 0 aliphatic rings. The Balaban J connectivity index is 0.000000305. The number of hydrogen-bond donors (Lipinski definition) is 1. The van der Waals surface area contributed by atoms with Gasteiger partial charge in [-0.1, -0.05) is 37.8 Å². The van der Waals surface area contributed by atoms with Crippen LogP contribution in [-0.4, -0.2) is 60.1 Å². The monoisotopic (exact) mass is 1000 g/mol. The summed E-state index contributed by atoms with van der Waals surface area (Å²) >= 11 is 3.97. The van der Waals surface area contributed by atoms with Crippen molar-refractivity contribution in [3.05, 3.63) is 142 Å². The van der Waals surface area contributed by atoms with E-state index in [0.717, 1.165) is 20.2 Å². The molecule has 0 saturated heterocycles. The topological polar surface area (TPSA) is 135 Å². The number of pyridine rings is 2. The van der Waals surface area contributed by atoms with Crippen molar-refractivity contribution in [3.63, 3.8) is 0 Å². The Morgan fingerprint density at radius 2 is 1.33 bits per heavy atom. The van der Waals surface area contributed by atoms with Crippen LogP contribution >= 0.6 is 45.2 Å². The number of benzene rings is 2. The van der Waals surface area contributed by atoms with Gasteiger partial charge in [-0.05, 0) is 77.0 Å². The predicted molar refractivity (Wildman–Crippen MR) is 230 cm³/mol. The Morgan fingerprint density at radius 3 is 1.80 bits per heavy atom. The molecular formula is C40H39I2N8O4V-. The molecule has 0 saturated carbocycles. The number of carbonyl (C=O) groups excluding carboxylic acids is 2. The van der Waals surface area contributed by atoms with Crippen LogP contribution in [0.15, 0.2) is 120 Å². The molecule has 0 spiro atoms. The van der Waals surface area contributed by atoms with E-state index < -0.39 is 0 Å². The summed E-state index contributed by atoms with van der Waals surface area (Å²) in [4.78, 5) is 47.7. The van der Waals surface area contributed by atoms with Gasteiger partial charge < -0.3 is 51.0 Å². The van der Waals surface area contributed by atoms with E-state index >= 15 is 0 Å². The largest absolute Gasteiger partial charge is 0.507 e. The van der Waals surface area contributed by atoms with Crippen LogP contribution in [-0.2, 0) is 32.7 Å². The summed E-state index contributed by atoms with van der Waals surface area (Å²) in [6, 6.07) is 24.1. The van der Waals surface area contributed by atoms with Crippen LogP contribution in [0, 0.1) is 20.8 Å². The third-order valence-corrected chi connectivity index (χ3v) is 8.63. The molecule has 7 aromatic rings. The van der Waals surface area contributed by atoms with Crippen molar-refractivity contribution in [1.82, 2.24) is 29.1 Å². The number of para-hydroxylation sites is 2. The molecule has 15 heteroatoms. The second kappa shape index (κ2) is 22.4. The van der Waals surface area contributed by atoms with E-state index in [4.69, 9.17) is 15.9 Å². The first-order valence-electron chi connectivity index (χ1n) is 15.7. The van der Waals surface area contributed by atoms with Gasteiger partial charge in [0.05, 0.1) is 39.7 Å². The Morgan fingerprint density at radius 1 is 0.800 bits per heavy atom. The number of furan rings is 1. The van der Waals surface area contributed by atoms with Crippen LogP contribution in [0.2, 0.25) is 0 Å². The number of aromatic hydroxyl groups is 1. The van der Waals surface area contributed by atoms with Gasteiger partial charge in [0.1, 0.15) is 22.7 Å². The Labute approximate surface area is 360 Å². The van der Waals surface area contributed by atoms with Gasteiger partial charge in [0, 0.05) is 64.5 Å². The van der Waals surface area contributed by atoms with E-state index in [2.05, 4.69) is 53.4 Å². The summed E-state index contributed by atoms with van der Waals surface area (Å²) in [6.07, 6.45) is 14.9. The van der Waals surface area contributed by atoms with Crippen LogP contribution < -0.4 is 9.80 Å². The molecular weight excluding hydrogens is 961 g/mol. The first kappa shape index (κ1) is 46.2. The predicted octanol–water partition coefficient (Wildman–Crippen LogP) is 8.42. The van der Waals surface area contributed by atoms with E-state index in [0.29, 0.717) is 40.2 Å². The number of anilines is 2. The molecule has 7 rings (SSSR count). The Kier molecular flexibility index (Phi) is 18.8. The summed E-state index contributed by atoms with van der Waals surface area (Å²) in [6.45, 7) is 0. The molecule has 2 amide bonds. The SMILES string of the molecule is C.C#Cc1ncc(C(=O)N(C)c2cccnc2)n1C.CN(C(=O)c1cnc(-c2cc3ccccc3o2)n1C)c1cccnc1.Oc1ccccc1I.[CH2-]I.[V].